The van der Waals surface area contributed by atoms with Crippen molar-refractivity contribution in [3.05, 3.63) is 21.5 Å². The molecule has 15 heavy (non-hydrogen) atoms. The van der Waals surface area contributed by atoms with Crippen molar-refractivity contribution in [1.82, 2.24) is 9.80 Å². The molecular formula is C10H14AlN4+. The predicted octanol–water partition coefficient (Wildman–Crippen LogP) is 0.321. The summed E-state index contributed by atoms with van der Waals surface area (Å²) >= 11 is 0.105. The van der Waals surface area contributed by atoms with Crippen molar-refractivity contribution in [2.24, 2.45) is 9.98 Å². The fraction of sp³-hybridized carbons (Fsp3) is 0.400. The van der Waals surface area contributed by atoms with Gasteiger partial charge < -0.3 is 0 Å². The van der Waals surface area contributed by atoms with E-state index >= 15 is 0 Å². The molecule has 0 N–H and O–H groups in total. The minimum atomic E-state index is 0.105. The fourth-order valence-electron chi connectivity index (χ4n) is 1.45. The average Bonchev–Trinajstić information content (AvgIpc) is 2.24. The van der Waals surface area contributed by atoms with E-state index in [1.807, 2.05) is 24.8 Å². The molecule has 4 nitrogen and oxygen atoms in total. The standard InChI is InChI=1S/2C5H7N2.Al/c2*1-7-4-2-6-3-5-7;/h2*2-3H,4H2,1H3;/q;;+1. The van der Waals surface area contributed by atoms with Crippen molar-refractivity contribution in [2.45, 2.75) is 0 Å². The van der Waals surface area contributed by atoms with Crippen LogP contribution in [0.4, 0.5) is 0 Å². The Bertz CT molecular complexity index is 322. The van der Waals surface area contributed by atoms with Crippen molar-refractivity contribution in [1.29, 1.82) is 0 Å². The third kappa shape index (κ3) is 2.50. The van der Waals surface area contributed by atoms with E-state index in [1.54, 1.807) is 0 Å². The van der Waals surface area contributed by atoms with E-state index in [4.69, 9.17) is 0 Å². The van der Waals surface area contributed by atoms with Crippen LogP contribution in [0.3, 0.4) is 0 Å². The molecule has 2 aliphatic rings. The number of hydrogen-bond acceptors (Lipinski definition) is 4. The van der Waals surface area contributed by atoms with Crippen LogP contribution in [0, 0.1) is 0 Å². The molecule has 0 aromatic rings. The van der Waals surface area contributed by atoms with Crippen LogP contribution >= 0.6 is 0 Å². The van der Waals surface area contributed by atoms with Crippen molar-refractivity contribution >= 4 is 27.6 Å². The van der Waals surface area contributed by atoms with Gasteiger partial charge in [-0.2, -0.15) is 0 Å². The van der Waals surface area contributed by atoms with E-state index in [0.717, 1.165) is 13.1 Å². The van der Waals surface area contributed by atoms with Crippen LogP contribution in [0.5, 0.6) is 0 Å². The number of aliphatic imine (C=N–C) groups is 2. The Labute approximate surface area is 96.4 Å². The summed E-state index contributed by atoms with van der Waals surface area (Å²) in [6.07, 6.45) is 7.79. The zero-order chi connectivity index (χ0) is 10.7. The molecule has 0 aliphatic carbocycles. The second-order valence-corrected chi connectivity index (χ2v) is 5.15. The minimum absolute atomic E-state index is 0.105. The molecule has 0 spiro atoms. The first-order valence-corrected chi connectivity index (χ1v) is 6.13. The number of nitrogens with zero attached hydrogens (tertiary/aromatic N) is 4. The van der Waals surface area contributed by atoms with Crippen LogP contribution in [0.25, 0.3) is 0 Å². The van der Waals surface area contributed by atoms with Gasteiger partial charge in [0.2, 0.25) is 0 Å². The van der Waals surface area contributed by atoms with Crippen molar-refractivity contribution in [2.75, 3.05) is 27.2 Å². The molecule has 0 saturated heterocycles. The summed E-state index contributed by atoms with van der Waals surface area (Å²) in [6.45, 7) is 1.83. The van der Waals surface area contributed by atoms with Gasteiger partial charge in [0.1, 0.15) is 0 Å². The summed E-state index contributed by atoms with van der Waals surface area (Å²) in [5, 5.41) is 0. The Morgan fingerprint density at radius 1 is 1.00 bits per heavy atom. The molecular weight excluding hydrogens is 203 g/mol. The first kappa shape index (κ1) is 10.5. The number of hydrogen-bond donors (Lipinski definition) is 0. The molecule has 2 rings (SSSR count). The topological polar surface area (TPSA) is 31.2 Å². The van der Waals surface area contributed by atoms with Crippen LogP contribution in [0.15, 0.2) is 31.5 Å². The Kier molecular flexibility index (Phi) is 3.24. The zero-order valence-electron chi connectivity index (χ0n) is 9.09. The van der Waals surface area contributed by atoms with Gasteiger partial charge in [-0.25, -0.2) is 0 Å². The molecule has 0 atom stereocenters. The van der Waals surface area contributed by atoms with E-state index < -0.39 is 0 Å². The predicted molar refractivity (Wildman–Crippen MR) is 64.2 cm³/mol. The molecule has 0 unspecified atom stereocenters. The van der Waals surface area contributed by atoms with E-state index in [1.165, 1.54) is 9.12 Å². The molecule has 0 aromatic heterocycles. The summed E-state index contributed by atoms with van der Waals surface area (Å²) in [7, 11) is 4.22. The van der Waals surface area contributed by atoms with Crippen molar-refractivity contribution in [3.8, 4) is 0 Å². The summed E-state index contributed by atoms with van der Waals surface area (Å²) < 4.78 is 2.65. The van der Waals surface area contributed by atoms with Gasteiger partial charge in [-0.05, 0) is 0 Å². The molecule has 0 fully saturated rings. The molecule has 0 radical (unpaired) electrons. The molecule has 0 saturated carbocycles. The van der Waals surface area contributed by atoms with Gasteiger partial charge in [0.15, 0.2) is 0 Å². The normalized spacial score (nSPS) is 19.9. The van der Waals surface area contributed by atoms with Gasteiger partial charge in [-0.3, -0.25) is 0 Å². The van der Waals surface area contributed by atoms with E-state index in [-0.39, 0.29) is 15.2 Å². The molecule has 76 valence electrons. The monoisotopic (exact) mass is 217 g/mol. The first-order chi connectivity index (χ1) is 7.27. The Morgan fingerprint density at radius 2 is 1.47 bits per heavy atom. The molecule has 2 aliphatic heterocycles. The molecule has 0 bridgehead atoms. The Balaban J connectivity index is 2.07. The SMILES string of the molecule is CN1CC=NC=[C]1[Al+][C]1=CN=CCN1C. The van der Waals surface area contributed by atoms with Gasteiger partial charge >= 0.3 is 96.1 Å². The fourth-order valence-corrected chi connectivity index (χ4v) is 2.73. The van der Waals surface area contributed by atoms with Crippen molar-refractivity contribution < 1.29 is 0 Å². The van der Waals surface area contributed by atoms with Gasteiger partial charge in [0.05, 0.1) is 0 Å². The average molecular weight is 217 g/mol. The van der Waals surface area contributed by atoms with Crippen molar-refractivity contribution in [3.63, 3.8) is 0 Å². The summed E-state index contributed by atoms with van der Waals surface area (Å²) in [6, 6.07) is 0. The maximum absolute atomic E-state index is 4.21. The van der Waals surface area contributed by atoms with Gasteiger partial charge in [-0.15, -0.1) is 0 Å². The first-order valence-electron chi connectivity index (χ1n) is 4.98. The molecule has 2 heterocycles. The van der Waals surface area contributed by atoms with E-state index in [9.17, 15) is 0 Å². The molecule has 0 amide bonds. The third-order valence-electron chi connectivity index (χ3n) is 2.51. The quantitative estimate of drug-likeness (QED) is 0.624. The van der Waals surface area contributed by atoms with Crippen LogP contribution in [-0.4, -0.2) is 64.6 Å². The van der Waals surface area contributed by atoms with Crippen LogP contribution in [0.2, 0.25) is 0 Å². The summed E-state index contributed by atoms with van der Waals surface area (Å²) in [5.74, 6) is 0. The van der Waals surface area contributed by atoms with Crippen LogP contribution in [-0.2, 0) is 0 Å². The van der Waals surface area contributed by atoms with Crippen LogP contribution < -0.4 is 0 Å². The Hall–Kier alpha value is -1.05. The number of rotatable bonds is 2. The summed E-state index contributed by atoms with van der Waals surface area (Å²) in [4.78, 5) is 12.9. The zero-order valence-corrected chi connectivity index (χ0v) is 10.2. The maximum atomic E-state index is 4.21. The molecule has 0 aromatic carbocycles. The van der Waals surface area contributed by atoms with Gasteiger partial charge in [-0.1, -0.05) is 0 Å². The Morgan fingerprint density at radius 3 is 1.87 bits per heavy atom. The van der Waals surface area contributed by atoms with Gasteiger partial charge in [0, 0.05) is 0 Å². The second-order valence-electron chi connectivity index (χ2n) is 3.68. The summed E-state index contributed by atoms with van der Waals surface area (Å²) in [5.41, 5.74) is 0. The van der Waals surface area contributed by atoms with Gasteiger partial charge in [0.25, 0.3) is 0 Å². The van der Waals surface area contributed by atoms with E-state index in [0.29, 0.717) is 0 Å². The third-order valence-corrected chi connectivity index (χ3v) is 4.28. The molecule has 5 heteroatoms. The second kappa shape index (κ2) is 4.65. The van der Waals surface area contributed by atoms with Crippen LogP contribution in [0.1, 0.15) is 0 Å². The van der Waals surface area contributed by atoms with E-state index in [2.05, 4.69) is 33.9 Å².